The Labute approximate surface area is 274 Å². The molecule has 0 saturated heterocycles. The van der Waals surface area contributed by atoms with Gasteiger partial charge in [-0.2, -0.15) is 5.26 Å². The third-order valence-corrected chi connectivity index (χ3v) is 11.8. The number of sulfonamides is 1. The van der Waals surface area contributed by atoms with Crippen LogP contribution in [0.25, 0.3) is 6.08 Å². The van der Waals surface area contributed by atoms with Crippen LogP contribution in [0.5, 0.6) is 0 Å². The van der Waals surface area contributed by atoms with Crippen LogP contribution in [0.1, 0.15) is 104 Å². The van der Waals surface area contributed by atoms with Gasteiger partial charge in [0.05, 0.1) is 41.8 Å². The van der Waals surface area contributed by atoms with Crippen LogP contribution in [0.4, 0.5) is 5.69 Å². The Morgan fingerprint density at radius 3 is 2.37 bits per heavy atom. The lowest BCUT2D eigenvalue weighted by molar-refractivity contribution is -0.141. The van der Waals surface area contributed by atoms with Crippen molar-refractivity contribution in [2.45, 2.75) is 109 Å². The van der Waals surface area contributed by atoms with Crippen LogP contribution >= 0.6 is 0 Å². The van der Waals surface area contributed by atoms with Gasteiger partial charge >= 0.3 is 11.9 Å². The molecule has 4 rings (SSSR count). The predicted molar refractivity (Wildman–Crippen MR) is 180 cm³/mol. The van der Waals surface area contributed by atoms with Crippen LogP contribution in [-0.4, -0.2) is 40.1 Å². The Morgan fingerprint density at radius 1 is 1.07 bits per heavy atom. The van der Waals surface area contributed by atoms with Gasteiger partial charge in [0.2, 0.25) is 0 Å². The van der Waals surface area contributed by atoms with Crippen molar-refractivity contribution in [1.82, 2.24) is 0 Å². The predicted octanol–water partition coefficient (Wildman–Crippen LogP) is 7.46. The molecular weight excluding hydrogens is 600 g/mol. The van der Waals surface area contributed by atoms with Crippen LogP contribution in [0.3, 0.4) is 0 Å². The van der Waals surface area contributed by atoms with Gasteiger partial charge in [-0.1, -0.05) is 78.6 Å². The zero-order chi connectivity index (χ0) is 34.1. The topological polar surface area (TPSA) is 114 Å². The van der Waals surface area contributed by atoms with Crippen molar-refractivity contribution in [3.63, 3.8) is 0 Å². The molecule has 1 aliphatic carbocycles. The van der Waals surface area contributed by atoms with Crippen molar-refractivity contribution >= 4 is 33.7 Å². The number of hydrogen-bond donors (Lipinski definition) is 0. The Hall–Kier alpha value is -3.64. The van der Waals surface area contributed by atoms with E-state index in [0.717, 1.165) is 24.8 Å². The average Bonchev–Trinajstić information content (AvgIpc) is 3.28. The smallest absolute Gasteiger partial charge is 0.330 e. The first-order valence-electron chi connectivity index (χ1n) is 16.1. The first-order valence-corrected chi connectivity index (χ1v) is 17.6. The second-order valence-electron chi connectivity index (χ2n) is 14.5. The fourth-order valence-electron chi connectivity index (χ4n) is 8.20. The molecule has 0 N–H and O–H groups in total. The summed E-state index contributed by atoms with van der Waals surface area (Å²) >= 11 is 0. The van der Waals surface area contributed by atoms with Crippen molar-refractivity contribution in [1.29, 1.82) is 5.26 Å². The maximum Gasteiger partial charge on any atom is 0.330 e. The standard InChI is InChI=1S/C37H48N2O6S/c1-9-45-33(41)19-17-26-16-18-29-30(23-26)39(31-15-10-11-21-36(29,31)22-20-32(40)44-8)46(42,43)28-14-12-13-27(24-28)37(25-38,34(2,3)4)35(5,6)7/h12-14,16-19,23-24,31H,9-11,15,20-22H2,1-8H3/b19-17+/t31-,36+/m1/s1. The minimum Gasteiger partial charge on any atom is -0.469 e. The van der Waals surface area contributed by atoms with Crippen molar-refractivity contribution in [3.8, 4) is 6.07 Å². The highest BCUT2D eigenvalue weighted by Crippen LogP contribution is 2.57. The molecule has 1 saturated carbocycles. The number of methoxy groups -OCH3 is 1. The van der Waals surface area contributed by atoms with E-state index in [1.165, 1.54) is 13.2 Å². The molecule has 9 heteroatoms. The normalized spacial score (nSPS) is 20.2. The molecule has 248 valence electrons. The maximum absolute atomic E-state index is 15.0. The van der Waals surface area contributed by atoms with E-state index < -0.39 is 43.7 Å². The van der Waals surface area contributed by atoms with Crippen LogP contribution in [-0.2, 0) is 39.9 Å². The molecule has 1 fully saturated rings. The minimum absolute atomic E-state index is 0.117. The molecule has 1 heterocycles. The highest BCUT2D eigenvalue weighted by molar-refractivity contribution is 7.93. The molecule has 0 amide bonds. The van der Waals surface area contributed by atoms with E-state index in [-0.39, 0.29) is 23.9 Å². The van der Waals surface area contributed by atoms with E-state index in [4.69, 9.17) is 9.47 Å². The second kappa shape index (κ2) is 12.9. The highest BCUT2D eigenvalue weighted by Gasteiger charge is 2.56. The van der Waals surface area contributed by atoms with E-state index in [9.17, 15) is 23.3 Å². The molecule has 0 radical (unpaired) electrons. The third kappa shape index (κ3) is 5.97. The summed E-state index contributed by atoms with van der Waals surface area (Å²) < 4.78 is 41.5. The molecule has 1 aliphatic heterocycles. The van der Waals surface area contributed by atoms with Gasteiger partial charge in [-0.25, -0.2) is 13.2 Å². The fourth-order valence-corrected chi connectivity index (χ4v) is 10.0. The summed E-state index contributed by atoms with van der Waals surface area (Å²) in [5.74, 6) is -0.813. The maximum atomic E-state index is 15.0. The molecule has 2 aliphatic rings. The number of carbonyl (C=O) groups is 2. The van der Waals surface area contributed by atoms with Crippen molar-refractivity contribution in [2.75, 3.05) is 18.0 Å². The number of nitriles is 1. The third-order valence-electron chi connectivity index (χ3n) is 10.0. The minimum atomic E-state index is -4.15. The molecule has 8 nitrogen and oxygen atoms in total. The molecule has 0 unspecified atom stereocenters. The molecule has 2 aromatic rings. The molecule has 0 aromatic heterocycles. The van der Waals surface area contributed by atoms with Gasteiger partial charge in [-0.15, -0.1) is 0 Å². The van der Waals surface area contributed by atoms with Crippen molar-refractivity contribution < 1.29 is 27.5 Å². The summed E-state index contributed by atoms with van der Waals surface area (Å²) in [6.07, 6.45) is 6.71. The molecule has 0 spiro atoms. The second-order valence-corrected chi connectivity index (χ2v) is 16.4. The van der Waals surface area contributed by atoms with Gasteiger partial charge in [-0.05, 0) is 78.0 Å². The number of ether oxygens (including phenoxy) is 2. The van der Waals surface area contributed by atoms with E-state index in [2.05, 4.69) is 6.07 Å². The van der Waals surface area contributed by atoms with Crippen LogP contribution in [0.2, 0.25) is 0 Å². The number of anilines is 1. The molecule has 46 heavy (non-hydrogen) atoms. The zero-order valence-corrected chi connectivity index (χ0v) is 29.3. The van der Waals surface area contributed by atoms with Gasteiger partial charge in [0, 0.05) is 17.9 Å². The van der Waals surface area contributed by atoms with E-state index in [0.29, 0.717) is 29.7 Å². The lowest BCUT2D eigenvalue weighted by Crippen LogP contribution is -2.50. The SMILES string of the molecule is CCOC(=O)/C=C/c1ccc2c(c1)N(S(=O)(=O)c1cccc(C(C#N)(C(C)(C)C)C(C)(C)C)c1)[C@@H]1CCCC[C@]21CCC(=O)OC. The number of hydrogen-bond acceptors (Lipinski definition) is 7. The summed E-state index contributed by atoms with van der Waals surface area (Å²) in [5, 5.41) is 10.7. The van der Waals surface area contributed by atoms with Gasteiger partial charge in [0.25, 0.3) is 10.0 Å². The quantitative estimate of drug-likeness (QED) is 0.205. The Bertz CT molecular complexity index is 1640. The number of carbonyl (C=O) groups excluding carboxylic acids is 2. The summed E-state index contributed by atoms with van der Waals surface area (Å²) in [6, 6.07) is 14.7. The Balaban J connectivity index is 1.94. The van der Waals surface area contributed by atoms with Gasteiger partial charge in [0.15, 0.2) is 0 Å². The first kappa shape index (κ1) is 35.2. The van der Waals surface area contributed by atoms with Gasteiger partial charge in [0.1, 0.15) is 0 Å². The Kier molecular flexibility index (Phi) is 9.85. The lowest BCUT2D eigenvalue weighted by atomic mass is 9.52. The number of fused-ring (bicyclic) bond motifs is 3. The van der Waals surface area contributed by atoms with Crippen molar-refractivity contribution in [3.05, 3.63) is 65.2 Å². The van der Waals surface area contributed by atoms with Crippen LogP contribution in [0, 0.1) is 22.2 Å². The lowest BCUT2D eigenvalue weighted by Gasteiger charge is -2.49. The number of esters is 2. The zero-order valence-electron chi connectivity index (χ0n) is 28.5. The van der Waals surface area contributed by atoms with Gasteiger partial charge in [-0.3, -0.25) is 9.10 Å². The fraction of sp³-hybridized carbons (Fsp3) is 0.541. The van der Waals surface area contributed by atoms with E-state index in [1.54, 1.807) is 35.5 Å². The summed E-state index contributed by atoms with van der Waals surface area (Å²) in [5.41, 5.74) is 0.159. The first-order chi connectivity index (χ1) is 21.5. The summed E-state index contributed by atoms with van der Waals surface area (Å²) in [6.45, 7) is 14.1. The number of nitrogens with zero attached hydrogens (tertiary/aromatic N) is 2. The summed E-state index contributed by atoms with van der Waals surface area (Å²) in [7, 11) is -2.79. The number of benzene rings is 2. The Morgan fingerprint density at radius 2 is 1.76 bits per heavy atom. The monoisotopic (exact) mass is 648 g/mol. The molecule has 2 aromatic carbocycles. The summed E-state index contributed by atoms with van der Waals surface area (Å²) in [4.78, 5) is 24.6. The van der Waals surface area contributed by atoms with E-state index >= 15 is 0 Å². The largest absolute Gasteiger partial charge is 0.469 e. The van der Waals surface area contributed by atoms with E-state index in [1.807, 2.05) is 65.8 Å². The highest BCUT2D eigenvalue weighted by atomic mass is 32.2. The average molecular weight is 649 g/mol. The van der Waals surface area contributed by atoms with Crippen LogP contribution in [0.15, 0.2) is 53.4 Å². The number of rotatable bonds is 9. The molecule has 2 atom stereocenters. The van der Waals surface area contributed by atoms with Crippen molar-refractivity contribution in [2.24, 2.45) is 10.8 Å². The van der Waals surface area contributed by atoms with Gasteiger partial charge < -0.3 is 9.47 Å². The molecule has 0 bridgehead atoms. The molecular formula is C37H48N2O6S. The van der Waals surface area contributed by atoms with Crippen LogP contribution < -0.4 is 4.31 Å².